The zero-order chi connectivity index (χ0) is 7.72. The van der Waals surface area contributed by atoms with Crippen LogP contribution in [0.1, 0.15) is 0 Å². The Morgan fingerprint density at radius 2 is 2.40 bits per heavy atom. The molecular weight excluding hydrogens is 134 g/mol. The molecule has 1 aliphatic heterocycles. The Kier molecular flexibility index (Phi) is 1.41. The van der Waals surface area contributed by atoms with Crippen molar-refractivity contribution in [2.75, 3.05) is 13.6 Å². The number of aliphatic imine (C=N–C) groups is 1. The molecule has 2 N–H and O–H groups in total. The second-order valence-electron chi connectivity index (χ2n) is 1.96. The molecule has 1 heterocycles. The molecule has 10 heavy (non-hydrogen) atoms. The van der Waals surface area contributed by atoms with Crippen molar-refractivity contribution in [3.05, 3.63) is 0 Å². The third-order valence-electron chi connectivity index (χ3n) is 1.28. The van der Waals surface area contributed by atoms with Crippen LogP contribution in [0.5, 0.6) is 0 Å². The number of carbonyl (C=O) groups excluding carboxylic acids is 2. The van der Waals surface area contributed by atoms with E-state index in [1.807, 2.05) is 0 Å². The van der Waals surface area contributed by atoms with Crippen LogP contribution in [0.15, 0.2) is 4.99 Å². The summed E-state index contributed by atoms with van der Waals surface area (Å²) in [6.45, 7) is 0.0365. The van der Waals surface area contributed by atoms with Crippen molar-refractivity contribution in [3.8, 4) is 0 Å². The molecule has 1 rings (SSSR count). The van der Waals surface area contributed by atoms with E-state index in [1.165, 1.54) is 7.05 Å². The smallest absolute Gasteiger partial charge is 0.284 e. The van der Waals surface area contributed by atoms with E-state index in [2.05, 4.69) is 4.99 Å². The van der Waals surface area contributed by atoms with Crippen molar-refractivity contribution < 1.29 is 9.59 Å². The summed E-state index contributed by atoms with van der Waals surface area (Å²) in [5.74, 6) is -0.813. The Hall–Kier alpha value is -1.39. The molecule has 1 aliphatic rings. The highest BCUT2D eigenvalue weighted by Gasteiger charge is 2.24. The van der Waals surface area contributed by atoms with Gasteiger partial charge in [-0.2, -0.15) is 0 Å². The lowest BCUT2D eigenvalue weighted by Crippen LogP contribution is -2.37. The van der Waals surface area contributed by atoms with Gasteiger partial charge in [-0.05, 0) is 0 Å². The third kappa shape index (κ3) is 0.854. The number of likely N-dealkylation sites (N-methyl/N-ethyl adjacent to an activating group) is 1. The summed E-state index contributed by atoms with van der Waals surface area (Å²) in [6.07, 6.45) is 0. The zero-order valence-corrected chi connectivity index (χ0v) is 5.50. The van der Waals surface area contributed by atoms with Crippen LogP contribution in [-0.4, -0.2) is 36.1 Å². The van der Waals surface area contributed by atoms with E-state index in [-0.39, 0.29) is 18.3 Å². The minimum Gasteiger partial charge on any atom is -0.363 e. The molecular formula is C5H7N3O2. The minimum absolute atomic E-state index is 0.0365. The summed E-state index contributed by atoms with van der Waals surface area (Å²) in [7, 11) is 1.47. The Morgan fingerprint density at radius 3 is 2.60 bits per heavy atom. The van der Waals surface area contributed by atoms with Crippen molar-refractivity contribution in [1.29, 1.82) is 0 Å². The largest absolute Gasteiger partial charge is 0.363 e. The number of amidine groups is 1. The Bertz CT molecular complexity index is 221. The molecule has 0 fully saturated rings. The van der Waals surface area contributed by atoms with Crippen molar-refractivity contribution in [1.82, 2.24) is 4.90 Å². The first-order chi connectivity index (χ1) is 4.63. The summed E-state index contributed by atoms with van der Waals surface area (Å²) < 4.78 is 0. The molecule has 0 aromatic carbocycles. The molecule has 0 saturated heterocycles. The van der Waals surface area contributed by atoms with Gasteiger partial charge in [-0.1, -0.05) is 0 Å². The van der Waals surface area contributed by atoms with Gasteiger partial charge in [0.05, 0.1) is 0 Å². The van der Waals surface area contributed by atoms with E-state index in [4.69, 9.17) is 5.73 Å². The van der Waals surface area contributed by atoms with Crippen LogP contribution in [0, 0.1) is 0 Å². The first-order valence-electron chi connectivity index (χ1n) is 2.73. The van der Waals surface area contributed by atoms with E-state index in [9.17, 15) is 9.59 Å². The summed E-state index contributed by atoms with van der Waals surface area (Å²) in [6, 6.07) is 0. The Morgan fingerprint density at radius 1 is 1.80 bits per heavy atom. The highest BCUT2D eigenvalue weighted by molar-refractivity contribution is 6.41. The van der Waals surface area contributed by atoms with Crippen LogP contribution in [0.2, 0.25) is 0 Å². The Labute approximate surface area is 57.5 Å². The molecule has 0 spiro atoms. The zero-order valence-electron chi connectivity index (χ0n) is 5.50. The maximum Gasteiger partial charge on any atom is 0.284 e. The molecule has 54 valence electrons. The molecule has 0 aromatic heterocycles. The maximum atomic E-state index is 10.7. The van der Waals surface area contributed by atoms with Gasteiger partial charge in [-0.15, -0.1) is 0 Å². The van der Waals surface area contributed by atoms with Crippen LogP contribution in [0.25, 0.3) is 0 Å². The third-order valence-corrected chi connectivity index (χ3v) is 1.28. The van der Waals surface area contributed by atoms with Gasteiger partial charge in [0, 0.05) is 7.05 Å². The lowest BCUT2D eigenvalue weighted by atomic mass is 10.5. The van der Waals surface area contributed by atoms with E-state index in [1.54, 1.807) is 0 Å². The van der Waals surface area contributed by atoms with Gasteiger partial charge in [0.15, 0.2) is 5.84 Å². The van der Waals surface area contributed by atoms with Gasteiger partial charge in [0.25, 0.3) is 5.91 Å². The second-order valence-corrected chi connectivity index (χ2v) is 1.96. The van der Waals surface area contributed by atoms with Gasteiger partial charge in [0.1, 0.15) is 6.54 Å². The SMILES string of the molecule is CN1C(=O)CN=C1C(N)=O. The number of hydrogen-bond donors (Lipinski definition) is 1. The molecule has 5 heteroatoms. The highest BCUT2D eigenvalue weighted by Crippen LogP contribution is 1.98. The lowest BCUT2D eigenvalue weighted by Gasteiger charge is -2.06. The van der Waals surface area contributed by atoms with E-state index in [0.717, 1.165) is 4.90 Å². The van der Waals surface area contributed by atoms with Gasteiger partial charge in [-0.25, -0.2) is 0 Å². The first kappa shape index (κ1) is 6.73. The van der Waals surface area contributed by atoms with Gasteiger partial charge < -0.3 is 5.73 Å². The molecule has 0 unspecified atom stereocenters. The monoisotopic (exact) mass is 141 g/mol. The number of nitrogens with two attached hydrogens (primary N) is 1. The molecule has 0 bridgehead atoms. The number of hydrogen-bond acceptors (Lipinski definition) is 3. The topological polar surface area (TPSA) is 75.8 Å². The maximum absolute atomic E-state index is 10.7. The summed E-state index contributed by atoms with van der Waals surface area (Å²) in [5.41, 5.74) is 4.89. The summed E-state index contributed by atoms with van der Waals surface area (Å²) in [5, 5.41) is 0. The van der Waals surface area contributed by atoms with E-state index >= 15 is 0 Å². The average molecular weight is 141 g/mol. The number of amides is 2. The molecule has 0 radical (unpaired) electrons. The second kappa shape index (κ2) is 2.09. The quantitative estimate of drug-likeness (QED) is 0.474. The van der Waals surface area contributed by atoms with Crippen LogP contribution < -0.4 is 5.73 Å². The highest BCUT2D eigenvalue weighted by atomic mass is 16.2. The van der Waals surface area contributed by atoms with Gasteiger partial charge >= 0.3 is 0 Å². The number of primary amides is 1. The van der Waals surface area contributed by atoms with Gasteiger partial charge in [0.2, 0.25) is 5.91 Å². The molecule has 5 nitrogen and oxygen atoms in total. The lowest BCUT2D eigenvalue weighted by molar-refractivity contribution is -0.125. The standard InChI is InChI=1S/C5H7N3O2/c1-8-3(9)2-7-5(8)4(6)10/h2H2,1H3,(H2,6,10). The van der Waals surface area contributed by atoms with Crippen molar-refractivity contribution in [2.45, 2.75) is 0 Å². The van der Waals surface area contributed by atoms with E-state index in [0.29, 0.717) is 0 Å². The molecule has 0 atom stereocenters. The van der Waals surface area contributed by atoms with E-state index < -0.39 is 5.91 Å². The number of carbonyl (C=O) groups is 2. The predicted molar refractivity (Wildman–Crippen MR) is 34.3 cm³/mol. The first-order valence-corrected chi connectivity index (χ1v) is 2.73. The van der Waals surface area contributed by atoms with Crippen LogP contribution >= 0.6 is 0 Å². The normalized spacial score (nSPS) is 17.5. The molecule has 0 aliphatic carbocycles. The molecule has 2 amide bonds. The van der Waals surface area contributed by atoms with Crippen LogP contribution in [0.4, 0.5) is 0 Å². The van der Waals surface area contributed by atoms with Crippen molar-refractivity contribution >= 4 is 17.6 Å². The summed E-state index contributed by atoms with van der Waals surface area (Å²) >= 11 is 0. The van der Waals surface area contributed by atoms with Crippen molar-refractivity contribution in [2.24, 2.45) is 10.7 Å². The average Bonchev–Trinajstić information content (AvgIpc) is 2.14. The summed E-state index contributed by atoms with van der Waals surface area (Å²) in [4.78, 5) is 25.9. The minimum atomic E-state index is -0.659. The van der Waals surface area contributed by atoms with Crippen LogP contribution in [-0.2, 0) is 9.59 Å². The fourth-order valence-electron chi connectivity index (χ4n) is 0.716. The van der Waals surface area contributed by atoms with Gasteiger partial charge in [-0.3, -0.25) is 19.5 Å². The van der Waals surface area contributed by atoms with Crippen molar-refractivity contribution in [3.63, 3.8) is 0 Å². The predicted octanol–water partition coefficient (Wildman–Crippen LogP) is -1.66. The Balaban J connectivity index is 2.81. The fourth-order valence-corrected chi connectivity index (χ4v) is 0.716. The molecule has 0 aromatic rings. The number of nitrogens with zero attached hydrogens (tertiary/aromatic N) is 2. The fraction of sp³-hybridized carbons (Fsp3) is 0.400. The van der Waals surface area contributed by atoms with Crippen LogP contribution in [0.3, 0.4) is 0 Å². The number of rotatable bonds is 1. The molecule has 0 saturated carbocycles.